The van der Waals surface area contributed by atoms with Crippen molar-refractivity contribution in [2.75, 3.05) is 18.0 Å². The molecule has 0 fully saturated rings. The second-order valence-corrected chi connectivity index (χ2v) is 22.8. The first-order chi connectivity index (χ1) is 33.3. The van der Waals surface area contributed by atoms with E-state index in [2.05, 4.69) is 56.9 Å². The predicted molar refractivity (Wildman–Crippen MR) is 268 cm³/mol. The third-order valence-electron chi connectivity index (χ3n) is 14.5. The molecule has 0 bridgehead atoms. The van der Waals surface area contributed by atoms with Gasteiger partial charge >= 0.3 is 24.7 Å². The molecule has 4 heterocycles. The van der Waals surface area contributed by atoms with E-state index in [0.717, 1.165) is 50.9 Å². The van der Waals surface area contributed by atoms with E-state index < -0.39 is 53.7 Å². The van der Waals surface area contributed by atoms with Crippen molar-refractivity contribution in [2.24, 2.45) is 0 Å². The van der Waals surface area contributed by atoms with E-state index in [9.17, 15) is 52.7 Å². The summed E-state index contributed by atoms with van der Waals surface area (Å²) in [5.74, 6) is 0. The summed E-state index contributed by atoms with van der Waals surface area (Å²) in [6.45, 7) is 17.4. The standard InChI is InChI=1S/C56H48BF12NS2/c1-29-17-33(35-21-38(53(58,59)60)27-39(22-35)54(61,62)63)18-30(2)48(29)57(49-31(3)19-34(20-32(49)4)36-23-40(55(64,65)66)28-41(24-36)56(67,68)69)47-12-11-46(72-47)45-10-9-44(71-45)37-25-42-50-43(26-37)52(7,8)14-16-70(50)15-13-51(42,5)6/h9-12,17-28H,13-16H2,1-8H3. The number of anilines is 1. The maximum absolute atomic E-state index is 14.0. The Morgan fingerprint density at radius 3 is 1.12 bits per heavy atom. The molecule has 0 saturated carbocycles. The highest BCUT2D eigenvalue weighted by molar-refractivity contribution is 7.31. The van der Waals surface area contributed by atoms with Crippen molar-refractivity contribution < 1.29 is 52.7 Å². The van der Waals surface area contributed by atoms with Crippen LogP contribution in [-0.2, 0) is 35.5 Å². The largest absolute Gasteiger partial charge is 0.416 e. The number of benzene rings is 5. The topological polar surface area (TPSA) is 3.24 Å². The van der Waals surface area contributed by atoms with Crippen LogP contribution in [0, 0.1) is 27.7 Å². The fourth-order valence-corrected chi connectivity index (χ4v) is 12.9. The van der Waals surface area contributed by atoms with Crippen molar-refractivity contribution in [1.29, 1.82) is 0 Å². The van der Waals surface area contributed by atoms with Crippen molar-refractivity contribution >= 4 is 50.8 Å². The van der Waals surface area contributed by atoms with Crippen molar-refractivity contribution in [3.05, 3.63) is 153 Å². The minimum absolute atomic E-state index is 0.0249. The zero-order valence-corrected chi connectivity index (χ0v) is 42.1. The third-order valence-corrected chi connectivity index (χ3v) is 17.0. The average Bonchev–Trinajstić information content (AvgIpc) is 3.97. The number of alkyl halides is 12. The molecule has 0 atom stereocenters. The van der Waals surface area contributed by atoms with Crippen LogP contribution in [0.15, 0.2) is 97.1 Å². The van der Waals surface area contributed by atoms with Gasteiger partial charge in [0.2, 0.25) is 0 Å². The van der Waals surface area contributed by atoms with Gasteiger partial charge in [0.1, 0.15) is 0 Å². The third kappa shape index (κ3) is 9.62. The van der Waals surface area contributed by atoms with Crippen molar-refractivity contribution in [3.63, 3.8) is 0 Å². The SMILES string of the molecule is Cc1cc(-c2cc(C(F)(F)F)cc(C(F)(F)F)c2)cc(C)c1B(c1ccc(-c2ccc(-c3cc4c5c(c3)C(C)(C)CCN5CCC4(C)C)s2)s1)c1c(C)cc(-c2cc(C(F)(F)F)cc(C(F)(F)F)c2)cc1C. The Balaban J connectivity index is 1.18. The first kappa shape index (κ1) is 51.4. The lowest BCUT2D eigenvalue weighted by Crippen LogP contribution is -2.54. The van der Waals surface area contributed by atoms with Gasteiger partial charge in [0.25, 0.3) is 6.71 Å². The maximum atomic E-state index is 14.0. The van der Waals surface area contributed by atoms with E-state index in [0.29, 0.717) is 57.4 Å². The summed E-state index contributed by atoms with van der Waals surface area (Å²) in [6, 6.07) is 21.8. The Bertz CT molecular complexity index is 2990. The van der Waals surface area contributed by atoms with Crippen LogP contribution in [0.2, 0.25) is 0 Å². The van der Waals surface area contributed by atoms with Gasteiger partial charge < -0.3 is 4.90 Å². The van der Waals surface area contributed by atoms with E-state index in [1.54, 1.807) is 63.3 Å². The van der Waals surface area contributed by atoms with E-state index in [4.69, 9.17) is 0 Å². The Hall–Kier alpha value is -5.48. The molecule has 0 radical (unpaired) electrons. The quantitative estimate of drug-likeness (QED) is 0.114. The molecule has 9 rings (SSSR count). The van der Waals surface area contributed by atoms with Crippen molar-refractivity contribution in [3.8, 4) is 42.4 Å². The lowest BCUT2D eigenvalue weighted by molar-refractivity contribution is -0.144. The predicted octanol–water partition coefficient (Wildman–Crippen LogP) is 16.5. The molecule has 1 nitrogen and oxygen atoms in total. The molecule has 0 spiro atoms. The molecule has 5 aromatic carbocycles. The summed E-state index contributed by atoms with van der Waals surface area (Å²) >= 11 is 3.13. The molecule has 0 amide bonds. The molecule has 0 N–H and O–H groups in total. The molecule has 376 valence electrons. The van der Waals surface area contributed by atoms with Crippen LogP contribution in [0.4, 0.5) is 58.4 Å². The van der Waals surface area contributed by atoms with Crippen LogP contribution in [0.25, 0.3) is 42.4 Å². The molecular weight excluding hydrogens is 990 g/mol. The normalized spacial score (nSPS) is 15.8. The summed E-state index contributed by atoms with van der Waals surface area (Å²) in [7, 11) is 0. The molecule has 16 heteroatoms. The molecule has 72 heavy (non-hydrogen) atoms. The first-order valence-corrected chi connectivity index (χ1v) is 24.9. The summed E-state index contributed by atoms with van der Waals surface area (Å²) in [5.41, 5.74) is 2.42. The highest BCUT2D eigenvalue weighted by Crippen LogP contribution is 2.52. The summed E-state index contributed by atoms with van der Waals surface area (Å²) in [6.07, 6.45) is -18.2. The van der Waals surface area contributed by atoms with Gasteiger partial charge in [-0.3, -0.25) is 0 Å². The molecule has 7 aromatic rings. The minimum atomic E-state index is -5.07. The lowest BCUT2D eigenvalue weighted by Gasteiger charge is -2.48. The number of nitrogens with zero attached hydrogens (tertiary/aromatic N) is 1. The molecule has 0 unspecified atom stereocenters. The van der Waals surface area contributed by atoms with Gasteiger partial charge in [-0.2, -0.15) is 52.7 Å². The van der Waals surface area contributed by atoms with Crippen molar-refractivity contribution in [1.82, 2.24) is 0 Å². The fourth-order valence-electron chi connectivity index (χ4n) is 10.7. The number of aryl methyl sites for hydroxylation is 4. The number of halogens is 12. The average molecular weight is 1040 g/mol. The maximum Gasteiger partial charge on any atom is 0.416 e. The van der Waals surface area contributed by atoms with E-state index in [-0.39, 0.29) is 45.2 Å². The highest BCUT2D eigenvalue weighted by atomic mass is 32.1. The Morgan fingerprint density at radius 1 is 0.417 bits per heavy atom. The van der Waals surface area contributed by atoms with Crippen LogP contribution in [0.3, 0.4) is 0 Å². The number of rotatable bonds is 7. The summed E-state index contributed by atoms with van der Waals surface area (Å²) in [4.78, 5) is 5.51. The Labute approximate surface area is 418 Å². The summed E-state index contributed by atoms with van der Waals surface area (Å²) in [5, 5.41) is 0. The first-order valence-electron chi connectivity index (χ1n) is 23.3. The Morgan fingerprint density at radius 2 is 0.750 bits per heavy atom. The molecule has 0 aliphatic carbocycles. The fraction of sp³-hybridized carbons (Fsp3) is 0.321. The molecule has 2 aliphatic rings. The van der Waals surface area contributed by atoms with Crippen LogP contribution < -0.4 is 20.6 Å². The zero-order chi connectivity index (χ0) is 52.4. The van der Waals surface area contributed by atoms with Gasteiger partial charge in [-0.05, 0) is 162 Å². The number of thiophene rings is 2. The summed E-state index contributed by atoms with van der Waals surface area (Å²) < 4.78 is 169. The number of hydrogen-bond acceptors (Lipinski definition) is 3. The molecule has 2 aromatic heterocycles. The van der Waals surface area contributed by atoms with Crippen molar-refractivity contribution in [2.45, 2.75) is 104 Å². The Kier molecular flexibility index (Phi) is 12.6. The molecule has 0 saturated heterocycles. The minimum Gasteiger partial charge on any atom is -0.371 e. The smallest absolute Gasteiger partial charge is 0.371 e. The second kappa shape index (κ2) is 17.6. The van der Waals surface area contributed by atoms with Gasteiger partial charge in [0, 0.05) is 33.4 Å². The highest BCUT2D eigenvalue weighted by Gasteiger charge is 2.42. The van der Waals surface area contributed by atoms with Crippen LogP contribution in [-0.4, -0.2) is 19.8 Å². The van der Waals surface area contributed by atoms with Gasteiger partial charge in [0.05, 0.1) is 22.3 Å². The molecular formula is C56H48BF12NS2. The molecule has 2 aliphatic heterocycles. The van der Waals surface area contributed by atoms with Crippen LogP contribution in [0.5, 0.6) is 0 Å². The number of hydrogen-bond donors (Lipinski definition) is 0. The lowest BCUT2D eigenvalue weighted by atomic mass is 9.37. The van der Waals surface area contributed by atoms with Gasteiger partial charge in [-0.15, -0.1) is 22.7 Å². The van der Waals surface area contributed by atoms with E-state index in [1.807, 2.05) is 12.1 Å². The monoisotopic (exact) mass is 1040 g/mol. The van der Waals surface area contributed by atoms with E-state index in [1.165, 1.54) is 28.2 Å². The van der Waals surface area contributed by atoms with E-state index >= 15 is 0 Å². The van der Waals surface area contributed by atoms with Crippen LogP contribution >= 0.6 is 22.7 Å². The van der Waals surface area contributed by atoms with Crippen LogP contribution in [0.1, 0.15) is 96.2 Å². The van der Waals surface area contributed by atoms with Gasteiger partial charge in [0.15, 0.2) is 0 Å². The van der Waals surface area contributed by atoms with Gasteiger partial charge in [-0.25, -0.2) is 0 Å². The second-order valence-electron chi connectivity index (χ2n) is 20.6. The zero-order valence-electron chi connectivity index (χ0n) is 40.4. The van der Waals surface area contributed by atoms with Gasteiger partial charge in [-0.1, -0.05) is 91.2 Å².